The fraction of sp³-hybridized carbons (Fsp3) is 0.188. The van der Waals surface area contributed by atoms with Gasteiger partial charge >= 0.3 is 89.5 Å². The SMILES string of the molecule is Cc1cc(C)c(C=Nc2ccccc2[S-])c(C)c1.Cc1cc(C)c(C=Nc2ccccc2[S-])c(C)c1.Cc1cc(C)c(C=Nc2ccccc2[S-])c(C)c1.Cc1cc(C)c(C=Nc2ccccc2[S-])c(C)c1.[Ag+].[Ag+].[Au+].[Au+]. The van der Waals surface area contributed by atoms with Crippen LogP contribution in [0.25, 0.3) is 0 Å². The van der Waals surface area contributed by atoms with Gasteiger partial charge in [0.1, 0.15) is 0 Å². The van der Waals surface area contributed by atoms with Crippen molar-refractivity contribution in [1.82, 2.24) is 0 Å². The Morgan fingerprint density at radius 1 is 0.263 bits per heavy atom. The summed E-state index contributed by atoms with van der Waals surface area (Å²) in [6.45, 7) is 25.3. The summed E-state index contributed by atoms with van der Waals surface area (Å²) in [6, 6.07) is 48.3. The molecule has 0 aromatic heterocycles. The topological polar surface area (TPSA) is 49.4 Å². The molecular formula is C64H64Ag2Au2N4S4. The van der Waals surface area contributed by atoms with Crippen molar-refractivity contribution in [1.29, 1.82) is 0 Å². The summed E-state index contributed by atoms with van der Waals surface area (Å²) in [5.41, 5.74) is 23.3. The molecule has 0 bridgehead atoms. The van der Waals surface area contributed by atoms with Gasteiger partial charge in [-0.2, -0.15) is 0 Å². The molecule has 0 fully saturated rings. The van der Waals surface area contributed by atoms with Gasteiger partial charge in [-0.3, -0.25) is 20.0 Å². The molecule has 8 aromatic carbocycles. The average molecular weight is 1630 g/mol. The second kappa shape index (κ2) is 35.0. The summed E-state index contributed by atoms with van der Waals surface area (Å²) >= 11 is 21.0. The molecule has 0 atom stereocenters. The Morgan fingerprint density at radius 2 is 0.408 bits per heavy atom. The zero-order valence-corrected chi connectivity index (χ0v) is 55.4. The van der Waals surface area contributed by atoms with E-state index in [0.29, 0.717) is 0 Å². The molecule has 0 heterocycles. The standard InChI is InChI=1S/4C16H17NS.2Ag.2Au/c4*1-11-8-12(2)14(13(3)9-11)10-17-15-6-4-5-7-16(15)18;;;;/h4*4-10,18H,1-3H3;;;;/q;;;;4*+1/p-4. The Bertz CT molecular complexity index is 2770. The Morgan fingerprint density at radius 3 is 0.553 bits per heavy atom. The monoisotopic (exact) mass is 1620 g/mol. The number of benzene rings is 8. The normalized spacial score (nSPS) is 10.5. The molecular weight excluding hydrogens is 1560 g/mol. The smallest absolute Gasteiger partial charge is 0.778 e. The predicted octanol–water partition coefficient (Wildman–Crippen LogP) is 17.1. The molecule has 4 nitrogen and oxygen atoms in total. The molecule has 0 saturated carbocycles. The van der Waals surface area contributed by atoms with Crippen LogP contribution in [0.2, 0.25) is 0 Å². The van der Waals surface area contributed by atoms with E-state index in [1.807, 2.05) is 122 Å². The molecule has 0 aliphatic heterocycles. The van der Waals surface area contributed by atoms with Gasteiger partial charge in [0.25, 0.3) is 0 Å². The van der Waals surface area contributed by atoms with Crippen LogP contribution in [-0.2, 0) is 140 Å². The number of hydrogen-bond acceptors (Lipinski definition) is 8. The van der Waals surface area contributed by atoms with Crippen molar-refractivity contribution in [3.8, 4) is 0 Å². The number of rotatable bonds is 8. The van der Waals surface area contributed by atoms with E-state index in [9.17, 15) is 0 Å². The molecule has 0 N–H and O–H groups in total. The molecule has 0 radical (unpaired) electrons. The Balaban J connectivity index is 0.000000498. The summed E-state index contributed by atoms with van der Waals surface area (Å²) in [6.07, 6.45) is 7.65. The van der Waals surface area contributed by atoms with Crippen molar-refractivity contribution < 1.29 is 89.5 Å². The van der Waals surface area contributed by atoms with Crippen LogP contribution in [0.1, 0.15) is 89.0 Å². The minimum Gasteiger partial charge on any atom is -0.778 e. The van der Waals surface area contributed by atoms with Crippen molar-refractivity contribution in [2.24, 2.45) is 20.0 Å². The Labute approximate surface area is 538 Å². The largest absolute Gasteiger partial charge is 1.00 e. The molecule has 76 heavy (non-hydrogen) atoms. The fourth-order valence-electron chi connectivity index (χ4n) is 8.37. The van der Waals surface area contributed by atoms with Crippen LogP contribution in [0.3, 0.4) is 0 Å². The number of hydrogen-bond donors (Lipinski definition) is 0. The molecule has 12 heteroatoms. The molecule has 408 valence electrons. The minimum atomic E-state index is 0. The van der Waals surface area contributed by atoms with Crippen LogP contribution in [0.5, 0.6) is 0 Å². The first kappa shape index (κ1) is 70.3. The second-order valence-electron chi connectivity index (χ2n) is 18.2. The third kappa shape index (κ3) is 21.8. The van der Waals surface area contributed by atoms with Gasteiger partial charge in [0.2, 0.25) is 0 Å². The van der Waals surface area contributed by atoms with Gasteiger partial charge in [-0.1, -0.05) is 144 Å². The van der Waals surface area contributed by atoms with Gasteiger partial charge in [0.15, 0.2) is 0 Å². The van der Waals surface area contributed by atoms with Crippen LogP contribution < -0.4 is 0 Å². The van der Waals surface area contributed by atoms with Gasteiger partial charge in [0, 0.05) is 47.6 Å². The van der Waals surface area contributed by atoms with E-state index in [2.05, 4.69) is 152 Å². The van der Waals surface area contributed by atoms with Gasteiger partial charge in [-0.15, -0.1) is 19.6 Å². The van der Waals surface area contributed by atoms with E-state index in [-0.39, 0.29) is 89.5 Å². The maximum Gasteiger partial charge on any atom is 1.00 e. The van der Waals surface area contributed by atoms with Crippen LogP contribution in [0.15, 0.2) is 185 Å². The molecule has 0 amide bonds. The second-order valence-corrected chi connectivity index (χ2v) is 19.9. The summed E-state index contributed by atoms with van der Waals surface area (Å²) < 4.78 is 0. The van der Waals surface area contributed by atoms with E-state index in [1.165, 1.54) is 89.0 Å². The van der Waals surface area contributed by atoms with Crippen molar-refractivity contribution in [2.75, 3.05) is 0 Å². The number of nitrogens with zero attached hydrogens (tertiary/aromatic N) is 4. The molecule has 8 rings (SSSR count). The summed E-state index contributed by atoms with van der Waals surface area (Å²) in [4.78, 5) is 21.1. The molecule has 8 aromatic rings. The van der Waals surface area contributed by atoms with Crippen LogP contribution in [0.4, 0.5) is 22.7 Å². The molecule has 0 spiro atoms. The molecule has 0 aliphatic carbocycles. The van der Waals surface area contributed by atoms with Crippen molar-refractivity contribution in [3.63, 3.8) is 0 Å². The maximum absolute atomic E-state index is 5.24. The quantitative estimate of drug-likeness (QED) is 0.0864. The van der Waals surface area contributed by atoms with E-state index in [1.54, 1.807) is 0 Å². The number of para-hydroxylation sites is 4. The third-order valence-corrected chi connectivity index (χ3v) is 13.1. The molecule has 0 unspecified atom stereocenters. The first-order valence-corrected chi connectivity index (χ1v) is 25.5. The zero-order valence-electron chi connectivity index (χ0n) is 44.8. The summed E-state index contributed by atoms with van der Waals surface area (Å²) in [5, 5.41) is 0. The molecule has 0 aliphatic rings. The van der Waals surface area contributed by atoms with Crippen LogP contribution in [0, 0.1) is 83.1 Å². The Hall–Kier alpha value is -3.72. The van der Waals surface area contributed by atoms with Crippen molar-refractivity contribution >= 4 is 98.1 Å². The Kier molecular flexibility index (Phi) is 32.4. The maximum atomic E-state index is 5.24. The van der Waals surface area contributed by atoms with Crippen molar-refractivity contribution in [3.05, 3.63) is 235 Å². The van der Waals surface area contributed by atoms with E-state index in [0.717, 1.165) is 42.3 Å². The van der Waals surface area contributed by atoms with Gasteiger partial charge in [-0.05, 0) is 174 Å². The predicted molar refractivity (Wildman–Crippen MR) is 320 cm³/mol. The number of aryl methyl sites for hydroxylation is 12. The van der Waals surface area contributed by atoms with E-state index >= 15 is 0 Å². The average Bonchev–Trinajstić information content (AvgIpc) is 3.30. The fourth-order valence-corrected chi connectivity index (χ4v) is 9.17. The zero-order chi connectivity index (χ0) is 52.5. The molecule has 0 saturated heterocycles. The first-order valence-electron chi connectivity index (χ1n) is 23.8. The minimum absolute atomic E-state index is 0. The van der Waals surface area contributed by atoms with Gasteiger partial charge < -0.3 is 50.5 Å². The van der Waals surface area contributed by atoms with Gasteiger partial charge in [-0.25, -0.2) is 0 Å². The van der Waals surface area contributed by atoms with Crippen LogP contribution in [-0.4, -0.2) is 24.9 Å². The van der Waals surface area contributed by atoms with Gasteiger partial charge in [0.05, 0.1) is 0 Å². The van der Waals surface area contributed by atoms with Crippen LogP contribution >= 0.6 is 0 Å². The number of aliphatic imine (C=N–C) groups is 4. The third-order valence-electron chi connectivity index (χ3n) is 11.7. The van der Waals surface area contributed by atoms with Crippen molar-refractivity contribution in [2.45, 2.75) is 103 Å². The van der Waals surface area contributed by atoms with E-state index in [4.69, 9.17) is 50.5 Å². The van der Waals surface area contributed by atoms with E-state index < -0.39 is 0 Å². The summed E-state index contributed by atoms with van der Waals surface area (Å²) in [5.74, 6) is 0. The first-order chi connectivity index (χ1) is 34.3. The summed E-state index contributed by atoms with van der Waals surface area (Å²) in [7, 11) is 0.